The van der Waals surface area contributed by atoms with Gasteiger partial charge in [0.05, 0.1) is 16.7 Å². The predicted molar refractivity (Wildman–Crippen MR) is 101 cm³/mol. The van der Waals surface area contributed by atoms with Crippen LogP contribution in [0.1, 0.15) is 52.0 Å². The second-order valence-electron chi connectivity index (χ2n) is 8.14. The van der Waals surface area contributed by atoms with E-state index in [1.54, 1.807) is 18.2 Å². The molecule has 4 rings (SSSR count). The third-order valence-electron chi connectivity index (χ3n) is 6.13. The number of halogens is 2. The number of nitrogens with two attached hydrogens (primary N) is 1. The summed E-state index contributed by atoms with van der Waals surface area (Å²) in [7, 11) is 0. The lowest BCUT2D eigenvalue weighted by Gasteiger charge is -2.38. The molecule has 0 saturated carbocycles. The molecule has 160 valence electrons. The Morgan fingerprint density at radius 1 is 1.10 bits per heavy atom. The second-order valence-corrected chi connectivity index (χ2v) is 8.14. The van der Waals surface area contributed by atoms with Crippen molar-refractivity contribution in [2.24, 2.45) is 5.73 Å². The number of fused-ring (bicyclic) bond motifs is 1. The van der Waals surface area contributed by atoms with Gasteiger partial charge in [-0.2, -0.15) is 0 Å². The van der Waals surface area contributed by atoms with Crippen LogP contribution in [0, 0.1) is 0 Å². The van der Waals surface area contributed by atoms with E-state index in [9.17, 15) is 28.0 Å². The summed E-state index contributed by atoms with van der Waals surface area (Å²) in [5, 5.41) is 2.16. The number of benzene rings is 1. The van der Waals surface area contributed by atoms with Gasteiger partial charge in [-0.3, -0.25) is 34.3 Å². The zero-order valence-electron chi connectivity index (χ0n) is 16.2. The van der Waals surface area contributed by atoms with Gasteiger partial charge in [-0.25, -0.2) is 8.78 Å². The quantitative estimate of drug-likeness (QED) is 0.692. The number of imide groups is 2. The Bertz CT molecular complexity index is 927. The highest BCUT2D eigenvalue weighted by atomic mass is 19.3. The minimum absolute atomic E-state index is 0.0608. The molecule has 0 spiro atoms. The molecule has 1 aromatic rings. The van der Waals surface area contributed by atoms with Crippen molar-refractivity contribution >= 4 is 23.6 Å². The number of nitrogens with one attached hydrogen (secondary N) is 1. The van der Waals surface area contributed by atoms with E-state index in [4.69, 9.17) is 5.73 Å². The molecule has 4 amide bonds. The maximum atomic E-state index is 13.1. The number of likely N-dealkylation sites (tertiary alicyclic amines) is 1. The molecular weight excluding hydrogens is 398 g/mol. The van der Waals surface area contributed by atoms with E-state index in [2.05, 4.69) is 5.32 Å². The fraction of sp³-hybridized carbons (Fsp3) is 0.500. The number of rotatable bonds is 4. The molecule has 2 saturated heterocycles. The smallest absolute Gasteiger partial charge is 0.262 e. The molecule has 10 heteroatoms. The molecule has 0 bridgehead atoms. The second kappa shape index (κ2) is 7.51. The van der Waals surface area contributed by atoms with Crippen molar-refractivity contribution in [2.45, 2.75) is 50.2 Å². The van der Waals surface area contributed by atoms with Gasteiger partial charge in [-0.15, -0.1) is 0 Å². The summed E-state index contributed by atoms with van der Waals surface area (Å²) in [4.78, 5) is 51.9. The third-order valence-corrected chi connectivity index (χ3v) is 6.13. The van der Waals surface area contributed by atoms with Gasteiger partial charge in [0.25, 0.3) is 18.2 Å². The van der Waals surface area contributed by atoms with E-state index >= 15 is 0 Å². The molecule has 3 aliphatic rings. The van der Waals surface area contributed by atoms with Crippen LogP contribution in [0.4, 0.5) is 8.78 Å². The minimum atomic E-state index is -2.57. The van der Waals surface area contributed by atoms with E-state index < -0.39 is 41.6 Å². The van der Waals surface area contributed by atoms with Crippen LogP contribution in [0.5, 0.6) is 0 Å². The van der Waals surface area contributed by atoms with E-state index in [1.807, 2.05) is 4.90 Å². The molecule has 3 aliphatic heterocycles. The first-order valence-electron chi connectivity index (χ1n) is 9.83. The Kier molecular flexibility index (Phi) is 5.15. The molecule has 3 N–H and O–H groups in total. The highest BCUT2D eigenvalue weighted by molar-refractivity contribution is 6.23. The maximum Gasteiger partial charge on any atom is 0.262 e. The summed E-state index contributed by atoms with van der Waals surface area (Å²) in [5.74, 6) is -2.20. The Morgan fingerprint density at radius 2 is 1.77 bits per heavy atom. The highest BCUT2D eigenvalue weighted by Gasteiger charge is 2.45. The molecule has 0 radical (unpaired) electrons. The number of carbonyl (C=O) groups excluding carboxylic acids is 4. The Hall–Kier alpha value is -2.72. The average molecular weight is 420 g/mol. The maximum absolute atomic E-state index is 13.1. The molecule has 1 unspecified atom stereocenters. The Balaban J connectivity index is 1.47. The molecule has 0 aromatic heterocycles. The van der Waals surface area contributed by atoms with Gasteiger partial charge >= 0.3 is 0 Å². The van der Waals surface area contributed by atoms with E-state index in [1.165, 1.54) is 0 Å². The molecule has 2 fully saturated rings. The van der Waals surface area contributed by atoms with Crippen molar-refractivity contribution in [2.75, 3.05) is 13.1 Å². The fourth-order valence-corrected chi connectivity index (χ4v) is 4.22. The summed E-state index contributed by atoms with van der Waals surface area (Å²) in [5.41, 5.74) is 5.48. The Morgan fingerprint density at radius 3 is 2.40 bits per heavy atom. The van der Waals surface area contributed by atoms with Crippen LogP contribution in [0.25, 0.3) is 0 Å². The van der Waals surface area contributed by atoms with Crippen LogP contribution < -0.4 is 11.1 Å². The number of amides is 4. The van der Waals surface area contributed by atoms with E-state index in [-0.39, 0.29) is 36.8 Å². The number of nitrogens with zero attached hydrogens (tertiary/aromatic N) is 2. The normalized spacial score (nSPS) is 24.4. The van der Waals surface area contributed by atoms with Crippen molar-refractivity contribution in [3.05, 3.63) is 34.9 Å². The monoisotopic (exact) mass is 420 g/mol. The van der Waals surface area contributed by atoms with Gasteiger partial charge in [0.1, 0.15) is 6.04 Å². The zero-order valence-corrected chi connectivity index (χ0v) is 16.2. The highest BCUT2D eigenvalue weighted by Crippen LogP contribution is 2.30. The first-order chi connectivity index (χ1) is 14.2. The third kappa shape index (κ3) is 3.50. The van der Waals surface area contributed by atoms with Gasteiger partial charge in [-0.1, -0.05) is 6.07 Å². The van der Waals surface area contributed by atoms with Crippen LogP contribution in [-0.2, 0) is 16.1 Å². The van der Waals surface area contributed by atoms with Crippen LogP contribution in [0.3, 0.4) is 0 Å². The fourth-order valence-electron chi connectivity index (χ4n) is 4.22. The number of hydrogen-bond acceptors (Lipinski definition) is 6. The molecule has 3 heterocycles. The van der Waals surface area contributed by atoms with Gasteiger partial charge in [-0.05, 0) is 37.0 Å². The predicted octanol–water partition coefficient (Wildman–Crippen LogP) is 0.646. The number of piperidine rings is 2. The van der Waals surface area contributed by atoms with Crippen LogP contribution >= 0.6 is 0 Å². The molecule has 8 nitrogen and oxygen atoms in total. The summed E-state index contributed by atoms with van der Waals surface area (Å²) in [6.45, 7) is 1.26. The lowest BCUT2D eigenvalue weighted by molar-refractivity contribution is -0.136. The van der Waals surface area contributed by atoms with Gasteiger partial charge in [0.2, 0.25) is 11.8 Å². The first kappa shape index (κ1) is 20.5. The van der Waals surface area contributed by atoms with Crippen molar-refractivity contribution in [3.63, 3.8) is 0 Å². The first-order valence-corrected chi connectivity index (χ1v) is 9.83. The van der Waals surface area contributed by atoms with Crippen LogP contribution in [0.2, 0.25) is 0 Å². The molecule has 0 aliphatic carbocycles. The Labute approximate surface area is 171 Å². The van der Waals surface area contributed by atoms with Gasteiger partial charge in [0, 0.05) is 26.1 Å². The summed E-state index contributed by atoms with van der Waals surface area (Å²) in [6, 6.07) is 3.87. The van der Waals surface area contributed by atoms with Crippen molar-refractivity contribution < 1.29 is 28.0 Å². The average Bonchev–Trinajstić information content (AvgIpc) is 2.94. The summed E-state index contributed by atoms with van der Waals surface area (Å²) < 4.78 is 26.1. The number of hydrogen-bond donors (Lipinski definition) is 2. The zero-order chi connectivity index (χ0) is 21.6. The standard InChI is InChI=1S/C20H22F2N4O4/c21-19(22)20(23)5-7-25(8-6-20)10-11-1-2-12-13(9-11)18(30)26(17(12)29)14-3-4-15(27)24-16(14)28/h1-2,9,14,19H,3-8,10,23H2,(H,24,27,28). The van der Waals surface area contributed by atoms with Crippen molar-refractivity contribution in [3.8, 4) is 0 Å². The topological polar surface area (TPSA) is 113 Å². The summed E-state index contributed by atoms with van der Waals surface area (Å²) >= 11 is 0. The lowest BCUT2D eigenvalue weighted by Crippen LogP contribution is -2.54. The largest absolute Gasteiger partial charge is 0.320 e. The van der Waals surface area contributed by atoms with Gasteiger partial charge in [0.15, 0.2) is 0 Å². The molecular formula is C20H22F2N4O4. The minimum Gasteiger partial charge on any atom is -0.320 e. The SMILES string of the molecule is NC1(C(F)F)CCN(Cc2ccc3c(c2)C(=O)N(C2CCC(=O)NC2=O)C3=O)CC1. The lowest BCUT2D eigenvalue weighted by atomic mass is 9.89. The van der Waals surface area contributed by atoms with Crippen molar-refractivity contribution in [1.82, 2.24) is 15.1 Å². The molecule has 1 atom stereocenters. The molecule has 1 aromatic carbocycles. The molecule has 30 heavy (non-hydrogen) atoms. The van der Waals surface area contributed by atoms with Gasteiger partial charge < -0.3 is 5.73 Å². The number of carbonyl (C=O) groups is 4. The van der Waals surface area contributed by atoms with Crippen molar-refractivity contribution in [1.29, 1.82) is 0 Å². The van der Waals surface area contributed by atoms with Crippen LogP contribution in [-0.4, -0.2) is 64.5 Å². The summed E-state index contributed by atoms with van der Waals surface area (Å²) in [6.07, 6.45) is -2.05. The van der Waals surface area contributed by atoms with E-state index in [0.29, 0.717) is 19.6 Å². The number of alkyl halides is 2. The van der Waals surface area contributed by atoms with E-state index in [0.717, 1.165) is 10.5 Å². The van der Waals surface area contributed by atoms with Crippen LogP contribution in [0.15, 0.2) is 18.2 Å².